The summed E-state index contributed by atoms with van der Waals surface area (Å²) >= 11 is 0. The van der Waals surface area contributed by atoms with Gasteiger partial charge in [-0.2, -0.15) is 0 Å². The molecule has 4 aliphatic rings. The minimum atomic E-state index is 0. The molecular formula is C19H34Cl2N4O3. The lowest BCUT2D eigenvalue weighted by atomic mass is 9.89. The molecule has 4 rings (SSSR count). The molecule has 7 nitrogen and oxygen atoms in total. The van der Waals surface area contributed by atoms with Crippen LogP contribution in [0.1, 0.15) is 32.1 Å². The zero-order chi connectivity index (χ0) is 17.9. The van der Waals surface area contributed by atoms with E-state index >= 15 is 0 Å². The Balaban J connectivity index is 0.00000140. The molecule has 2 atom stereocenters. The number of carbonyl (C=O) groups is 2. The van der Waals surface area contributed by atoms with E-state index in [0.29, 0.717) is 70.4 Å². The van der Waals surface area contributed by atoms with Gasteiger partial charge in [0, 0.05) is 57.8 Å². The number of piperidine rings is 1. The summed E-state index contributed by atoms with van der Waals surface area (Å²) in [4.78, 5) is 31.2. The fourth-order valence-corrected chi connectivity index (χ4v) is 4.97. The second-order valence-electron chi connectivity index (χ2n) is 8.33. The summed E-state index contributed by atoms with van der Waals surface area (Å²) in [5.74, 6) is 1.02. The topological polar surface area (TPSA) is 65.1 Å². The number of ether oxygens (including phenoxy) is 1. The van der Waals surface area contributed by atoms with Gasteiger partial charge in [0.05, 0.1) is 19.8 Å². The molecule has 9 heteroatoms. The van der Waals surface area contributed by atoms with Gasteiger partial charge >= 0.3 is 0 Å². The Hall–Kier alpha value is -0.600. The van der Waals surface area contributed by atoms with Gasteiger partial charge in [0.2, 0.25) is 11.8 Å². The van der Waals surface area contributed by atoms with Crippen LogP contribution in [-0.4, -0.2) is 97.6 Å². The Morgan fingerprint density at radius 2 is 1.36 bits per heavy atom. The van der Waals surface area contributed by atoms with Gasteiger partial charge in [0.1, 0.15) is 0 Å². The third-order valence-electron chi connectivity index (χ3n) is 6.48. The van der Waals surface area contributed by atoms with Crippen LogP contribution in [0.15, 0.2) is 0 Å². The highest BCUT2D eigenvalue weighted by atomic mass is 35.5. The lowest BCUT2D eigenvalue weighted by Crippen LogP contribution is -2.53. The highest BCUT2D eigenvalue weighted by Gasteiger charge is 2.35. The molecule has 0 radical (unpaired) electrons. The molecule has 0 saturated carbocycles. The monoisotopic (exact) mass is 436 g/mol. The van der Waals surface area contributed by atoms with Gasteiger partial charge < -0.3 is 19.9 Å². The van der Waals surface area contributed by atoms with Crippen molar-refractivity contribution in [2.75, 3.05) is 59.0 Å². The van der Waals surface area contributed by atoms with Crippen molar-refractivity contribution in [1.82, 2.24) is 20.0 Å². The van der Waals surface area contributed by atoms with Crippen molar-refractivity contribution in [3.8, 4) is 0 Å². The van der Waals surface area contributed by atoms with Gasteiger partial charge in [0.25, 0.3) is 0 Å². The fraction of sp³-hybridized carbons (Fsp3) is 0.895. The fourth-order valence-electron chi connectivity index (χ4n) is 4.97. The Kier molecular flexibility index (Phi) is 9.28. The first kappa shape index (κ1) is 23.7. The molecule has 2 amide bonds. The molecule has 0 aromatic carbocycles. The molecule has 162 valence electrons. The molecule has 0 spiro atoms. The molecule has 4 fully saturated rings. The molecule has 28 heavy (non-hydrogen) atoms. The van der Waals surface area contributed by atoms with E-state index < -0.39 is 0 Å². The van der Waals surface area contributed by atoms with E-state index in [1.165, 1.54) is 12.8 Å². The Bertz CT molecular complexity index is 513. The van der Waals surface area contributed by atoms with Crippen molar-refractivity contribution < 1.29 is 14.3 Å². The first-order valence-corrected chi connectivity index (χ1v) is 10.3. The number of amides is 2. The zero-order valence-corrected chi connectivity index (χ0v) is 18.1. The Morgan fingerprint density at radius 3 is 1.93 bits per heavy atom. The third-order valence-corrected chi connectivity index (χ3v) is 6.48. The zero-order valence-electron chi connectivity index (χ0n) is 16.5. The number of piperazine rings is 1. The summed E-state index contributed by atoms with van der Waals surface area (Å²) < 4.78 is 5.33. The molecule has 2 unspecified atom stereocenters. The molecule has 4 saturated heterocycles. The summed E-state index contributed by atoms with van der Waals surface area (Å²) in [7, 11) is 0. The molecule has 0 aromatic heterocycles. The molecule has 4 aliphatic heterocycles. The first-order valence-electron chi connectivity index (χ1n) is 10.3. The summed E-state index contributed by atoms with van der Waals surface area (Å²) in [5, 5.41) is 3.64. The highest BCUT2D eigenvalue weighted by molar-refractivity contribution is 5.85. The van der Waals surface area contributed by atoms with Crippen LogP contribution in [0.4, 0.5) is 0 Å². The van der Waals surface area contributed by atoms with Crippen molar-refractivity contribution in [3.63, 3.8) is 0 Å². The minimum absolute atomic E-state index is 0. The maximum atomic E-state index is 12.7. The van der Waals surface area contributed by atoms with Crippen molar-refractivity contribution >= 4 is 36.6 Å². The second kappa shape index (κ2) is 11.0. The minimum Gasteiger partial charge on any atom is -0.379 e. The van der Waals surface area contributed by atoms with Crippen LogP contribution < -0.4 is 5.32 Å². The van der Waals surface area contributed by atoms with Gasteiger partial charge in [-0.15, -0.1) is 24.8 Å². The molecule has 1 N–H and O–H groups in total. The van der Waals surface area contributed by atoms with Crippen LogP contribution in [0.5, 0.6) is 0 Å². The number of morpholine rings is 1. The van der Waals surface area contributed by atoms with E-state index in [0.717, 1.165) is 25.9 Å². The normalized spacial score (nSPS) is 30.4. The number of fused-ring (bicyclic) bond motifs is 2. The van der Waals surface area contributed by atoms with Crippen molar-refractivity contribution in [2.24, 2.45) is 5.92 Å². The Labute approximate surface area is 180 Å². The van der Waals surface area contributed by atoms with Crippen molar-refractivity contribution in [2.45, 2.75) is 44.2 Å². The standard InChI is InChI=1S/C19H32N4O3.2ClH/c24-18(13-15-11-16-1-2-17(12-15)20-16)22-3-5-23(6-4-22)19(25)14-21-7-9-26-10-8-21;;/h15-17,20H,1-14H2;2*1H. The second-order valence-corrected chi connectivity index (χ2v) is 8.33. The van der Waals surface area contributed by atoms with Gasteiger partial charge in [-0.1, -0.05) is 0 Å². The van der Waals surface area contributed by atoms with Gasteiger partial charge in [-0.3, -0.25) is 14.5 Å². The molecule has 4 heterocycles. The molecule has 2 bridgehead atoms. The number of hydrogen-bond acceptors (Lipinski definition) is 5. The van der Waals surface area contributed by atoms with Crippen LogP contribution in [0.2, 0.25) is 0 Å². The predicted molar refractivity (Wildman–Crippen MR) is 112 cm³/mol. The van der Waals surface area contributed by atoms with Crippen molar-refractivity contribution in [3.05, 3.63) is 0 Å². The maximum absolute atomic E-state index is 12.7. The highest BCUT2D eigenvalue weighted by Crippen LogP contribution is 2.33. The largest absolute Gasteiger partial charge is 0.379 e. The number of halogens is 2. The maximum Gasteiger partial charge on any atom is 0.236 e. The summed E-state index contributed by atoms with van der Waals surface area (Å²) in [5.41, 5.74) is 0. The SMILES string of the molecule is Cl.Cl.O=C(CC1CC2CCC(C1)N2)N1CCN(C(=O)CN2CCOCC2)CC1. The van der Waals surface area contributed by atoms with Gasteiger partial charge in [-0.05, 0) is 31.6 Å². The van der Waals surface area contributed by atoms with Crippen LogP contribution in [0.25, 0.3) is 0 Å². The average molecular weight is 437 g/mol. The average Bonchev–Trinajstić information content (AvgIpc) is 3.01. The van der Waals surface area contributed by atoms with E-state index in [4.69, 9.17) is 4.74 Å². The van der Waals surface area contributed by atoms with E-state index in [1.807, 2.05) is 9.80 Å². The van der Waals surface area contributed by atoms with E-state index in [-0.39, 0.29) is 36.6 Å². The lowest BCUT2D eigenvalue weighted by molar-refractivity contribution is -0.141. The van der Waals surface area contributed by atoms with Crippen molar-refractivity contribution in [1.29, 1.82) is 0 Å². The van der Waals surface area contributed by atoms with E-state index in [2.05, 4.69) is 10.2 Å². The summed E-state index contributed by atoms with van der Waals surface area (Å²) in [6, 6.07) is 1.28. The molecule has 0 aromatic rings. The molecule has 0 aliphatic carbocycles. The number of nitrogens with one attached hydrogen (secondary N) is 1. The molecular weight excluding hydrogens is 403 g/mol. The number of rotatable bonds is 4. The third kappa shape index (κ3) is 5.95. The summed E-state index contributed by atoms with van der Waals surface area (Å²) in [6.45, 7) is 6.30. The Morgan fingerprint density at radius 1 is 0.821 bits per heavy atom. The van der Waals surface area contributed by atoms with Crippen LogP contribution in [-0.2, 0) is 14.3 Å². The number of hydrogen-bond donors (Lipinski definition) is 1. The predicted octanol–water partition coefficient (Wildman–Crippen LogP) is 0.754. The van der Waals surface area contributed by atoms with E-state index in [9.17, 15) is 9.59 Å². The van der Waals surface area contributed by atoms with Crippen LogP contribution >= 0.6 is 24.8 Å². The van der Waals surface area contributed by atoms with Crippen LogP contribution in [0.3, 0.4) is 0 Å². The van der Waals surface area contributed by atoms with Gasteiger partial charge in [0.15, 0.2) is 0 Å². The number of nitrogens with zero attached hydrogens (tertiary/aromatic N) is 3. The van der Waals surface area contributed by atoms with Gasteiger partial charge in [-0.25, -0.2) is 0 Å². The quantitative estimate of drug-likeness (QED) is 0.704. The first-order chi connectivity index (χ1) is 12.7. The lowest BCUT2D eigenvalue weighted by Gasteiger charge is -2.37. The summed E-state index contributed by atoms with van der Waals surface area (Å²) in [6.07, 6.45) is 5.55. The smallest absolute Gasteiger partial charge is 0.236 e. The van der Waals surface area contributed by atoms with E-state index in [1.54, 1.807) is 0 Å². The number of carbonyl (C=O) groups excluding carboxylic acids is 2. The van der Waals surface area contributed by atoms with Crippen LogP contribution in [0, 0.1) is 5.92 Å².